The Kier molecular flexibility index (Phi) is 4.35. The third-order valence-electron chi connectivity index (χ3n) is 3.47. The molecule has 1 heterocycles. The van der Waals surface area contributed by atoms with E-state index in [1.54, 1.807) is 18.5 Å². The van der Waals surface area contributed by atoms with Crippen molar-refractivity contribution in [2.24, 2.45) is 0 Å². The van der Waals surface area contributed by atoms with Crippen LogP contribution in [-0.4, -0.2) is 15.8 Å². The lowest BCUT2D eigenvalue weighted by atomic mass is 10.1. The molecule has 0 atom stereocenters. The molecule has 0 aliphatic carbocycles. The van der Waals surface area contributed by atoms with Gasteiger partial charge in [-0.05, 0) is 19.1 Å². The van der Waals surface area contributed by atoms with Crippen molar-refractivity contribution < 1.29 is 9.72 Å². The molecule has 6 nitrogen and oxygen atoms in total. The van der Waals surface area contributed by atoms with E-state index >= 15 is 0 Å². The fourth-order valence-corrected chi connectivity index (χ4v) is 3.04. The van der Waals surface area contributed by atoms with Crippen LogP contribution in [0.4, 0.5) is 11.4 Å². The van der Waals surface area contributed by atoms with Crippen molar-refractivity contribution >= 4 is 28.6 Å². The molecule has 0 spiro atoms. The van der Waals surface area contributed by atoms with Gasteiger partial charge in [0.1, 0.15) is 4.88 Å². The molecule has 7 heteroatoms. The van der Waals surface area contributed by atoms with Gasteiger partial charge in [0.2, 0.25) is 0 Å². The van der Waals surface area contributed by atoms with E-state index in [0.717, 1.165) is 5.56 Å². The number of amides is 1. The topological polar surface area (TPSA) is 85.1 Å². The first-order valence-electron chi connectivity index (χ1n) is 7.11. The molecule has 3 rings (SSSR count). The van der Waals surface area contributed by atoms with Gasteiger partial charge < -0.3 is 5.32 Å². The molecule has 0 saturated carbocycles. The van der Waals surface area contributed by atoms with E-state index in [1.165, 1.54) is 23.5 Å². The van der Waals surface area contributed by atoms with Gasteiger partial charge >= 0.3 is 0 Å². The number of thiazole rings is 1. The Morgan fingerprint density at radius 2 is 1.96 bits per heavy atom. The lowest BCUT2D eigenvalue weighted by molar-refractivity contribution is -0.385. The van der Waals surface area contributed by atoms with Crippen molar-refractivity contribution in [3.63, 3.8) is 0 Å². The maximum Gasteiger partial charge on any atom is 0.272 e. The number of anilines is 1. The quantitative estimate of drug-likeness (QED) is 0.568. The summed E-state index contributed by atoms with van der Waals surface area (Å²) in [7, 11) is 0. The summed E-state index contributed by atoms with van der Waals surface area (Å²) in [6.45, 7) is 1.63. The first-order valence-corrected chi connectivity index (χ1v) is 7.99. The van der Waals surface area contributed by atoms with Gasteiger partial charge in [0, 0.05) is 22.9 Å². The molecule has 1 aromatic heterocycles. The lowest BCUT2D eigenvalue weighted by Gasteiger charge is -2.06. The fraction of sp³-hybridized carbons (Fsp3) is 0.0588. The first-order chi connectivity index (χ1) is 11.6. The van der Waals surface area contributed by atoms with Crippen molar-refractivity contribution in [1.82, 2.24) is 4.98 Å². The molecule has 120 valence electrons. The highest BCUT2D eigenvalue weighted by molar-refractivity contribution is 7.12. The van der Waals surface area contributed by atoms with Crippen LogP contribution in [0.5, 0.6) is 0 Å². The fourth-order valence-electron chi connectivity index (χ4n) is 2.33. The normalized spacial score (nSPS) is 10.4. The number of aryl methyl sites for hydroxylation is 1. The van der Waals surface area contributed by atoms with E-state index in [0.29, 0.717) is 21.8 Å². The smallest absolute Gasteiger partial charge is 0.272 e. The van der Waals surface area contributed by atoms with Crippen LogP contribution in [0.15, 0.2) is 54.0 Å². The maximum atomic E-state index is 12.5. The van der Waals surface area contributed by atoms with E-state index in [1.807, 2.05) is 30.3 Å². The number of hydrogen-bond acceptors (Lipinski definition) is 5. The van der Waals surface area contributed by atoms with Gasteiger partial charge in [-0.15, -0.1) is 11.3 Å². The van der Waals surface area contributed by atoms with Gasteiger partial charge in [-0.25, -0.2) is 4.98 Å². The second kappa shape index (κ2) is 6.59. The number of carbonyl (C=O) groups excluding carboxylic acids is 1. The first kappa shape index (κ1) is 15.8. The van der Waals surface area contributed by atoms with Gasteiger partial charge in [-0.3, -0.25) is 14.9 Å². The summed E-state index contributed by atoms with van der Waals surface area (Å²) in [5, 5.41) is 13.6. The van der Waals surface area contributed by atoms with Gasteiger partial charge in [0.05, 0.1) is 16.1 Å². The molecule has 0 bridgehead atoms. The van der Waals surface area contributed by atoms with Crippen LogP contribution >= 0.6 is 11.3 Å². The number of nitrogens with one attached hydrogen (secondary N) is 1. The molecule has 0 radical (unpaired) electrons. The van der Waals surface area contributed by atoms with Crippen molar-refractivity contribution in [2.75, 3.05) is 5.32 Å². The highest BCUT2D eigenvalue weighted by Crippen LogP contribution is 2.27. The molecule has 24 heavy (non-hydrogen) atoms. The zero-order valence-electron chi connectivity index (χ0n) is 12.7. The Bertz CT molecular complexity index is 906. The molecule has 1 amide bonds. The second-order valence-electron chi connectivity index (χ2n) is 5.11. The van der Waals surface area contributed by atoms with E-state index in [2.05, 4.69) is 10.3 Å². The number of nitrogens with zero attached hydrogens (tertiary/aromatic N) is 2. The molecule has 3 aromatic rings. The molecule has 1 N–H and O–H groups in total. The number of benzene rings is 2. The predicted octanol–water partition coefficient (Wildman–Crippen LogP) is 4.28. The number of hydrogen-bond donors (Lipinski definition) is 1. The zero-order chi connectivity index (χ0) is 17.1. The number of nitro benzene ring substituents is 1. The molecule has 0 aliphatic rings. The van der Waals surface area contributed by atoms with Crippen molar-refractivity contribution in [3.05, 3.63) is 74.6 Å². The van der Waals surface area contributed by atoms with Crippen LogP contribution in [0.2, 0.25) is 0 Å². The Balaban J connectivity index is 1.86. The summed E-state index contributed by atoms with van der Waals surface area (Å²) in [6.07, 6.45) is 0. The molecule has 2 aromatic carbocycles. The van der Waals surface area contributed by atoms with Crippen molar-refractivity contribution in [1.29, 1.82) is 0 Å². The number of aromatic nitrogens is 1. The second-order valence-corrected chi connectivity index (χ2v) is 5.96. The summed E-state index contributed by atoms with van der Waals surface area (Å²) >= 11 is 1.25. The Morgan fingerprint density at radius 3 is 2.62 bits per heavy atom. The van der Waals surface area contributed by atoms with Gasteiger partial charge in [-0.2, -0.15) is 0 Å². The SMILES string of the molecule is Cc1cc(NC(=O)c2scnc2-c2ccccc2)ccc1[N+](=O)[O-]. The Labute approximate surface area is 141 Å². The molecule has 0 fully saturated rings. The summed E-state index contributed by atoms with van der Waals surface area (Å²) in [6, 6.07) is 13.9. The van der Waals surface area contributed by atoms with Crippen molar-refractivity contribution in [2.45, 2.75) is 6.92 Å². The van der Waals surface area contributed by atoms with Crippen LogP contribution < -0.4 is 5.32 Å². The Hall–Kier alpha value is -3.06. The van der Waals surface area contributed by atoms with Crippen molar-refractivity contribution in [3.8, 4) is 11.3 Å². The van der Waals surface area contributed by atoms with Gasteiger partial charge in [-0.1, -0.05) is 30.3 Å². The van der Waals surface area contributed by atoms with Crippen LogP contribution in [0.25, 0.3) is 11.3 Å². The van der Waals surface area contributed by atoms with Crippen LogP contribution in [0.3, 0.4) is 0 Å². The van der Waals surface area contributed by atoms with E-state index in [4.69, 9.17) is 0 Å². The molecular weight excluding hydrogens is 326 g/mol. The molecule has 0 saturated heterocycles. The maximum absolute atomic E-state index is 12.5. The summed E-state index contributed by atoms with van der Waals surface area (Å²) < 4.78 is 0. The summed E-state index contributed by atoms with van der Waals surface area (Å²) in [4.78, 5) is 27.7. The van der Waals surface area contributed by atoms with Gasteiger partial charge in [0.25, 0.3) is 11.6 Å². The number of nitro groups is 1. The summed E-state index contributed by atoms with van der Waals surface area (Å²) in [5.41, 5.74) is 4.13. The van der Waals surface area contributed by atoms with E-state index in [9.17, 15) is 14.9 Å². The molecule has 0 unspecified atom stereocenters. The minimum Gasteiger partial charge on any atom is -0.321 e. The van der Waals surface area contributed by atoms with Crippen LogP contribution in [-0.2, 0) is 0 Å². The van der Waals surface area contributed by atoms with Crippen LogP contribution in [0, 0.1) is 17.0 Å². The minimum absolute atomic E-state index is 0.0239. The highest BCUT2D eigenvalue weighted by Gasteiger charge is 2.17. The number of rotatable bonds is 4. The highest BCUT2D eigenvalue weighted by atomic mass is 32.1. The van der Waals surface area contributed by atoms with E-state index in [-0.39, 0.29) is 11.6 Å². The van der Waals surface area contributed by atoms with Gasteiger partial charge in [0.15, 0.2) is 0 Å². The monoisotopic (exact) mass is 339 g/mol. The van der Waals surface area contributed by atoms with Crippen LogP contribution in [0.1, 0.15) is 15.2 Å². The summed E-state index contributed by atoms with van der Waals surface area (Å²) in [5.74, 6) is -0.287. The largest absolute Gasteiger partial charge is 0.321 e. The zero-order valence-corrected chi connectivity index (χ0v) is 13.5. The average molecular weight is 339 g/mol. The minimum atomic E-state index is -0.447. The molecular formula is C17H13N3O3S. The third-order valence-corrected chi connectivity index (χ3v) is 4.30. The van der Waals surface area contributed by atoms with E-state index < -0.39 is 4.92 Å². The number of carbonyl (C=O) groups is 1. The standard InChI is InChI=1S/C17H13N3O3S/c1-11-9-13(7-8-14(11)20(22)23)19-17(21)16-15(18-10-24-16)12-5-3-2-4-6-12/h2-10H,1H3,(H,19,21). The molecule has 0 aliphatic heterocycles. The Morgan fingerprint density at radius 1 is 1.21 bits per heavy atom. The average Bonchev–Trinajstić information content (AvgIpc) is 3.05. The third kappa shape index (κ3) is 3.16. The predicted molar refractivity (Wildman–Crippen MR) is 93.3 cm³/mol. The lowest BCUT2D eigenvalue weighted by Crippen LogP contribution is -2.11.